The number of carbonyl (C=O) groups is 2. The van der Waals surface area contributed by atoms with Crippen LogP contribution in [0.1, 0.15) is 25.3 Å². The molecule has 0 radical (unpaired) electrons. The highest BCUT2D eigenvalue weighted by Crippen LogP contribution is 2.18. The molecule has 0 bridgehead atoms. The first-order valence-corrected chi connectivity index (χ1v) is 7.44. The fourth-order valence-corrected chi connectivity index (χ4v) is 2.45. The molecule has 1 aromatic carbocycles. The van der Waals surface area contributed by atoms with E-state index in [1.165, 1.54) is 0 Å². The summed E-state index contributed by atoms with van der Waals surface area (Å²) in [6, 6.07) is 9.61. The highest BCUT2D eigenvalue weighted by atomic mass is 16.6. The van der Waals surface area contributed by atoms with Gasteiger partial charge in [0.15, 0.2) is 0 Å². The molecule has 1 heterocycles. The van der Waals surface area contributed by atoms with Gasteiger partial charge >= 0.3 is 6.09 Å². The Balaban J connectivity index is 1.74. The first-order valence-electron chi connectivity index (χ1n) is 7.44. The first kappa shape index (κ1) is 15.4. The third-order valence-electron chi connectivity index (χ3n) is 3.68. The number of nitrogens with one attached hydrogen (secondary N) is 1. The van der Waals surface area contributed by atoms with Gasteiger partial charge in [0.25, 0.3) is 0 Å². The summed E-state index contributed by atoms with van der Waals surface area (Å²) < 4.78 is 5.30. The van der Waals surface area contributed by atoms with E-state index in [0.717, 1.165) is 5.56 Å². The Morgan fingerprint density at radius 2 is 1.90 bits per heavy atom. The minimum absolute atomic E-state index is 0.0168. The van der Waals surface area contributed by atoms with Crippen molar-refractivity contribution in [2.24, 2.45) is 5.92 Å². The van der Waals surface area contributed by atoms with E-state index in [4.69, 9.17) is 4.74 Å². The lowest BCUT2D eigenvalue weighted by Crippen LogP contribution is -2.43. The number of nitrogens with zero attached hydrogens (tertiary/aromatic N) is 1. The van der Waals surface area contributed by atoms with Crippen LogP contribution in [0.2, 0.25) is 0 Å². The predicted molar refractivity (Wildman–Crippen MR) is 79.6 cm³/mol. The Morgan fingerprint density at radius 1 is 1.24 bits per heavy atom. The second-order valence-electron chi connectivity index (χ2n) is 5.20. The van der Waals surface area contributed by atoms with Crippen molar-refractivity contribution in [3.8, 4) is 0 Å². The van der Waals surface area contributed by atoms with Crippen LogP contribution >= 0.6 is 0 Å². The number of benzene rings is 1. The van der Waals surface area contributed by atoms with Crippen LogP contribution in [0.4, 0.5) is 4.79 Å². The molecular weight excluding hydrogens is 268 g/mol. The van der Waals surface area contributed by atoms with Gasteiger partial charge in [-0.25, -0.2) is 4.79 Å². The van der Waals surface area contributed by atoms with Crippen LogP contribution < -0.4 is 5.32 Å². The van der Waals surface area contributed by atoms with Crippen LogP contribution in [0, 0.1) is 5.92 Å². The van der Waals surface area contributed by atoms with Gasteiger partial charge in [0.2, 0.25) is 5.91 Å². The van der Waals surface area contributed by atoms with E-state index >= 15 is 0 Å². The van der Waals surface area contributed by atoms with Gasteiger partial charge in [-0.1, -0.05) is 30.3 Å². The summed E-state index contributed by atoms with van der Waals surface area (Å²) in [4.78, 5) is 25.4. The van der Waals surface area contributed by atoms with Crippen molar-refractivity contribution in [2.45, 2.75) is 26.4 Å². The van der Waals surface area contributed by atoms with E-state index in [-0.39, 0.29) is 24.5 Å². The molecule has 1 saturated heterocycles. The van der Waals surface area contributed by atoms with Gasteiger partial charge in [0.1, 0.15) is 6.61 Å². The summed E-state index contributed by atoms with van der Waals surface area (Å²) in [6.07, 6.45) is 1.10. The molecule has 0 spiro atoms. The Kier molecular flexibility index (Phi) is 5.60. The molecule has 114 valence electrons. The molecule has 2 amide bonds. The van der Waals surface area contributed by atoms with Gasteiger partial charge in [-0.05, 0) is 25.3 Å². The highest BCUT2D eigenvalue weighted by Gasteiger charge is 2.27. The van der Waals surface area contributed by atoms with E-state index in [1.54, 1.807) is 4.90 Å². The van der Waals surface area contributed by atoms with Gasteiger partial charge in [-0.2, -0.15) is 0 Å². The number of amides is 2. The Hall–Kier alpha value is -2.04. The van der Waals surface area contributed by atoms with Crippen molar-refractivity contribution in [2.75, 3.05) is 19.6 Å². The number of hydrogen-bond acceptors (Lipinski definition) is 3. The fraction of sp³-hybridized carbons (Fsp3) is 0.500. The average Bonchev–Trinajstić information content (AvgIpc) is 2.54. The van der Waals surface area contributed by atoms with Crippen molar-refractivity contribution in [1.29, 1.82) is 0 Å². The SMILES string of the molecule is CCNC(=O)C1CCN(C(=O)OCc2ccccc2)CC1. The molecule has 1 N–H and O–H groups in total. The summed E-state index contributed by atoms with van der Waals surface area (Å²) in [5.74, 6) is 0.109. The maximum atomic E-state index is 12.0. The van der Waals surface area contributed by atoms with Crippen LogP contribution in [0.25, 0.3) is 0 Å². The van der Waals surface area contributed by atoms with Gasteiger partial charge in [0.05, 0.1) is 0 Å². The number of rotatable bonds is 4. The van der Waals surface area contributed by atoms with E-state index < -0.39 is 0 Å². The zero-order chi connectivity index (χ0) is 15.1. The van der Waals surface area contributed by atoms with Crippen molar-refractivity contribution in [1.82, 2.24) is 10.2 Å². The molecule has 2 rings (SSSR count). The molecule has 5 heteroatoms. The van der Waals surface area contributed by atoms with Gasteiger partial charge < -0.3 is 15.0 Å². The van der Waals surface area contributed by atoms with Crippen LogP contribution in [0.5, 0.6) is 0 Å². The van der Waals surface area contributed by atoms with Gasteiger partial charge in [-0.3, -0.25) is 4.79 Å². The summed E-state index contributed by atoms with van der Waals surface area (Å²) in [5.41, 5.74) is 0.975. The molecule has 0 aliphatic carbocycles. The quantitative estimate of drug-likeness (QED) is 0.924. The number of likely N-dealkylation sites (tertiary alicyclic amines) is 1. The molecule has 5 nitrogen and oxygen atoms in total. The minimum Gasteiger partial charge on any atom is -0.445 e. The maximum absolute atomic E-state index is 12.0. The number of ether oxygens (including phenoxy) is 1. The van der Waals surface area contributed by atoms with E-state index in [1.807, 2.05) is 37.3 Å². The fourth-order valence-electron chi connectivity index (χ4n) is 2.45. The topological polar surface area (TPSA) is 58.6 Å². The monoisotopic (exact) mass is 290 g/mol. The van der Waals surface area contributed by atoms with Crippen molar-refractivity contribution < 1.29 is 14.3 Å². The van der Waals surface area contributed by atoms with Crippen LogP contribution in [0.3, 0.4) is 0 Å². The third-order valence-corrected chi connectivity index (χ3v) is 3.68. The van der Waals surface area contributed by atoms with Crippen molar-refractivity contribution >= 4 is 12.0 Å². The van der Waals surface area contributed by atoms with Crippen LogP contribution in [0.15, 0.2) is 30.3 Å². The van der Waals surface area contributed by atoms with Crippen molar-refractivity contribution in [3.05, 3.63) is 35.9 Å². The average molecular weight is 290 g/mol. The van der Waals surface area contributed by atoms with E-state index in [2.05, 4.69) is 5.32 Å². The molecule has 1 aromatic rings. The van der Waals surface area contributed by atoms with Crippen LogP contribution in [-0.4, -0.2) is 36.5 Å². The van der Waals surface area contributed by atoms with E-state index in [0.29, 0.717) is 32.5 Å². The smallest absolute Gasteiger partial charge is 0.410 e. The van der Waals surface area contributed by atoms with E-state index in [9.17, 15) is 9.59 Å². The third kappa shape index (κ3) is 4.48. The standard InChI is InChI=1S/C16H22N2O3/c1-2-17-15(19)14-8-10-18(11-9-14)16(20)21-12-13-6-4-3-5-7-13/h3-7,14H,2,8-12H2,1H3,(H,17,19). The number of carbonyl (C=O) groups excluding carboxylic acids is 2. The molecule has 21 heavy (non-hydrogen) atoms. The lowest BCUT2D eigenvalue weighted by atomic mass is 9.96. The normalized spacial score (nSPS) is 15.6. The summed E-state index contributed by atoms with van der Waals surface area (Å²) in [6.45, 7) is 4.01. The summed E-state index contributed by atoms with van der Waals surface area (Å²) >= 11 is 0. The molecule has 0 atom stereocenters. The minimum atomic E-state index is -0.298. The molecule has 0 aromatic heterocycles. The number of hydrogen-bond donors (Lipinski definition) is 1. The summed E-state index contributed by atoms with van der Waals surface area (Å²) in [5, 5.41) is 2.83. The molecule has 1 fully saturated rings. The van der Waals surface area contributed by atoms with Gasteiger partial charge in [-0.15, -0.1) is 0 Å². The largest absolute Gasteiger partial charge is 0.445 e. The molecule has 1 aliphatic rings. The number of piperidine rings is 1. The summed E-state index contributed by atoms with van der Waals surface area (Å²) in [7, 11) is 0. The highest BCUT2D eigenvalue weighted by molar-refractivity contribution is 5.79. The lowest BCUT2D eigenvalue weighted by Gasteiger charge is -2.30. The Labute approximate surface area is 125 Å². The maximum Gasteiger partial charge on any atom is 0.410 e. The zero-order valence-corrected chi connectivity index (χ0v) is 12.4. The first-order chi connectivity index (χ1) is 10.2. The molecule has 0 saturated carbocycles. The molecule has 1 aliphatic heterocycles. The van der Waals surface area contributed by atoms with Crippen molar-refractivity contribution in [3.63, 3.8) is 0 Å². The second kappa shape index (κ2) is 7.67. The lowest BCUT2D eigenvalue weighted by molar-refractivity contribution is -0.126. The Bertz CT molecular complexity index is 468. The Morgan fingerprint density at radius 3 is 2.52 bits per heavy atom. The zero-order valence-electron chi connectivity index (χ0n) is 12.4. The molecule has 0 unspecified atom stereocenters. The predicted octanol–water partition coefficient (Wildman–Crippen LogP) is 2.17. The second-order valence-corrected chi connectivity index (χ2v) is 5.20. The molecular formula is C16H22N2O3. The van der Waals surface area contributed by atoms with Gasteiger partial charge in [0, 0.05) is 25.6 Å². The van der Waals surface area contributed by atoms with Crippen LogP contribution in [-0.2, 0) is 16.1 Å².